The number of allylic oxidation sites excluding steroid dienone is 2. The highest BCUT2D eigenvalue weighted by Gasteiger charge is 2.24. The zero-order valence-electron chi connectivity index (χ0n) is 39.9. The zero-order chi connectivity index (χ0) is 43.1. The molecule has 59 heavy (non-hydrogen) atoms. The fourth-order valence-corrected chi connectivity index (χ4v) is 8.31. The number of hydrogen-bond donors (Lipinski definition) is 3. The van der Waals surface area contributed by atoms with Gasteiger partial charge in [0.2, 0.25) is 5.91 Å². The minimum atomic E-state index is -0.781. The highest BCUT2D eigenvalue weighted by molar-refractivity contribution is 5.77. The average molecular weight is 834 g/mol. The number of aliphatic hydroxyl groups excluding tert-OH is 2. The van der Waals surface area contributed by atoms with Gasteiger partial charge in [0.1, 0.15) is 6.10 Å². The number of nitrogens with one attached hydrogen (secondary N) is 1. The topological polar surface area (TPSA) is 95.9 Å². The molecule has 0 radical (unpaired) electrons. The molecule has 0 spiro atoms. The number of ether oxygens (including phenoxy) is 1. The van der Waals surface area contributed by atoms with Gasteiger partial charge in [0, 0.05) is 6.42 Å². The van der Waals surface area contributed by atoms with Crippen molar-refractivity contribution in [2.75, 3.05) is 6.61 Å². The van der Waals surface area contributed by atoms with Gasteiger partial charge in [0.05, 0.1) is 25.2 Å². The lowest BCUT2D eigenvalue weighted by Gasteiger charge is -2.24. The van der Waals surface area contributed by atoms with Gasteiger partial charge in [-0.1, -0.05) is 238 Å². The van der Waals surface area contributed by atoms with E-state index in [1.54, 1.807) is 0 Å². The standard InChI is InChI=1S/C53H103NO5/c1-4-7-10-13-16-19-21-23-25-26-27-29-31-34-37-40-43-46-53(58)59-49(44-41-38-35-33-30-28-24-22-20-17-14-11-8-5-2)47-52(57)54-50(48-55)51(56)45-42-39-36-32-18-15-12-9-6-3/h23,25,49-51,55-56H,4-22,24,26-48H2,1-3H3,(H,54,57)/b25-23+. The van der Waals surface area contributed by atoms with Gasteiger partial charge < -0.3 is 20.3 Å². The van der Waals surface area contributed by atoms with E-state index in [1.807, 2.05) is 0 Å². The van der Waals surface area contributed by atoms with Crippen molar-refractivity contribution in [1.29, 1.82) is 0 Å². The van der Waals surface area contributed by atoms with Crippen molar-refractivity contribution in [3.8, 4) is 0 Å². The number of amides is 1. The summed E-state index contributed by atoms with van der Waals surface area (Å²) in [5.41, 5.74) is 0. The second-order valence-corrected chi connectivity index (χ2v) is 18.3. The third-order valence-electron chi connectivity index (χ3n) is 12.3. The molecule has 0 aliphatic heterocycles. The first-order valence-corrected chi connectivity index (χ1v) is 26.4. The summed E-state index contributed by atoms with van der Waals surface area (Å²) in [6.07, 6.45) is 52.7. The van der Waals surface area contributed by atoms with Gasteiger partial charge in [-0.15, -0.1) is 0 Å². The Labute approximate surface area is 368 Å². The van der Waals surface area contributed by atoms with E-state index in [1.165, 1.54) is 199 Å². The summed E-state index contributed by atoms with van der Waals surface area (Å²) >= 11 is 0. The van der Waals surface area contributed by atoms with E-state index >= 15 is 0 Å². The summed E-state index contributed by atoms with van der Waals surface area (Å²) in [4.78, 5) is 26.1. The van der Waals surface area contributed by atoms with Gasteiger partial charge in [-0.25, -0.2) is 0 Å². The maximum absolute atomic E-state index is 13.2. The molecule has 0 aliphatic rings. The van der Waals surface area contributed by atoms with Crippen molar-refractivity contribution in [2.24, 2.45) is 0 Å². The minimum Gasteiger partial charge on any atom is -0.462 e. The van der Waals surface area contributed by atoms with Crippen molar-refractivity contribution in [3.05, 3.63) is 12.2 Å². The largest absolute Gasteiger partial charge is 0.462 e. The lowest BCUT2D eigenvalue weighted by atomic mass is 10.0. The highest BCUT2D eigenvalue weighted by atomic mass is 16.5. The molecule has 0 saturated heterocycles. The van der Waals surface area contributed by atoms with Gasteiger partial charge in [0.15, 0.2) is 0 Å². The maximum atomic E-state index is 13.2. The first-order valence-electron chi connectivity index (χ1n) is 26.4. The van der Waals surface area contributed by atoms with Crippen molar-refractivity contribution in [1.82, 2.24) is 5.32 Å². The average Bonchev–Trinajstić information content (AvgIpc) is 3.23. The molecule has 350 valence electrons. The molecule has 0 aromatic rings. The molecule has 0 fully saturated rings. The van der Waals surface area contributed by atoms with E-state index in [0.29, 0.717) is 19.3 Å². The second kappa shape index (κ2) is 47.6. The van der Waals surface area contributed by atoms with Crippen molar-refractivity contribution in [3.63, 3.8) is 0 Å². The molecule has 0 saturated carbocycles. The van der Waals surface area contributed by atoms with Crippen molar-refractivity contribution < 1.29 is 24.5 Å². The fraction of sp³-hybridized carbons (Fsp3) is 0.925. The number of unbranched alkanes of at least 4 members (excludes halogenated alkanes) is 34. The van der Waals surface area contributed by atoms with Crippen LogP contribution >= 0.6 is 0 Å². The predicted octanol–water partition coefficient (Wildman–Crippen LogP) is 15.7. The third-order valence-corrected chi connectivity index (χ3v) is 12.3. The molecule has 3 atom stereocenters. The molecule has 1 amide bonds. The van der Waals surface area contributed by atoms with Crippen LogP contribution in [0.3, 0.4) is 0 Å². The molecule has 6 nitrogen and oxygen atoms in total. The molecule has 0 aliphatic carbocycles. The van der Waals surface area contributed by atoms with E-state index in [4.69, 9.17) is 4.74 Å². The molecule has 0 rings (SSSR count). The van der Waals surface area contributed by atoms with E-state index < -0.39 is 18.2 Å². The Kier molecular flexibility index (Phi) is 46.5. The van der Waals surface area contributed by atoms with Crippen molar-refractivity contribution >= 4 is 11.9 Å². The summed E-state index contributed by atoms with van der Waals surface area (Å²) in [5.74, 6) is -0.461. The SMILES string of the molecule is CCCCCCCC/C=C/CCCCCCCCCC(=O)OC(CCCCCCCCCCCCCCCC)CC(=O)NC(CO)C(O)CCCCCCCCCCC. The highest BCUT2D eigenvalue weighted by Crippen LogP contribution is 2.18. The van der Waals surface area contributed by atoms with E-state index in [2.05, 4.69) is 38.2 Å². The first-order chi connectivity index (χ1) is 29.0. The number of hydrogen-bond acceptors (Lipinski definition) is 5. The number of rotatable bonds is 48. The van der Waals surface area contributed by atoms with Crippen LogP contribution in [-0.4, -0.2) is 46.9 Å². The Morgan fingerprint density at radius 2 is 0.814 bits per heavy atom. The van der Waals surface area contributed by atoms with Crippen LogP contribution in [0.2, 0.25) is 0 Å². The van der Waals surface area contributed by atoms with Gasteiger partial charge >= 0.3 is 5.97 Å². The Balaban J connectivity index is 4.50. The molecule has 0 heterocycles. The smallest absolute Gasteiger partial charge is 0.306 e. The third kappa shape index (κ3) is 43.1. The number of esters is 1. The Bertz CT molecular complexity index is 893. The summed E-state index contributed by atoms with van der Waals surface area (Å²) < 4.78 is 5.94. The molecular weight excluding hydrogens is 731 g/mol. The lowest BCUT2D eigenvalue weighted by Crippen LogP contribution is -2.46. The molecule has 3 N–H and O–H groups in total. The predicted molar refractivity (Wildman–Crippen MR) is 255 cm³/mol. The summed E-state index contributed by atoms with van der Waals surface area (Å²) in [7, 11) is 0. The van der Waals surface area contributed by atoms with Crippen LogP contribution in [0.5, 0.6) is 0 Å². The van der Waals surface area contributed by atoms with Gasteiger partial charge in [-0.05, 0) is 51.4 Å². The van der Waals surface area contributed by atoms with Gasteiger partial charge in [-0.2, -0.15) is 0 Å². The van der Waals surface area contributed by atoms with Gasteiger partial charge in [-0.3, -0.25) is 9.59 Å². The Morgan fingerprint density at radius 3 is 1.20 bits per heavy atom. The number of carbonyl (C=O) groups excluding carboxylic acids is 2. The minimum absolute atomic E-state index is 0.0830. The Hall–Kier alpha value is -1.40. The summed E-state index contributed by atoms with van der Waals surface area (Å²) in [6, 6.07) is -0.694. The van der Waals surface area contributed by atoms with Crippen LogP contribution in [0.15, 0.2) is 12.2 Å². The Morgan fingerprint density at radius 1 is 0.475 bits per heavy atom. The number of carbonyl (C=O) groups is 2. The van der Waals surface area contributed by atoms with Crippen LogP contribution in [0.25, 0.3) is 0 Å². The summed E-state index contributed by atoms with van der Waals surface area (Å²) in [6.45, 7) is 6.48. The quantitative estimate of drug-likeness (QED) is 0.0322. The maximum Gasteiger partial charge on any atom is 0.306 e. The van der Waals surface area contributed by atoms with E-state index in [9.17, 15) is 19.8 Å². The number of aliphatic hydroxyl groups is 2. The van der Waals surface area contributed by atoms with Crippen LogP contribution in [-0.2, 0) is 14.3 Å². The molecule has 0 bridgehead atoms. The van der Waals surface area contributed by atoms with Crippen LogP contribution in [0.1, 0.15) is 290 Å². The first kappa shape index (κ1) is 57.6. The normalized spacial score (nSPS) is 13.2. The van der Waals surface area contributed by atoms with Gasteiger partial charge in [0.25, 0.3) is 0 Å². The van der Waals surface area contributed by atoms with Crippen LogP contribution in [0, 0.1) is 0 Å². The molecule has 6 heteroatoms. The van der Waals surface area contributed by atoms with Crippen LogP contribution < -0.4 is 5.32 Å². The second-order valence-electron chi connectivity index (χ2n) is 18.3. The molecule has 0 aromatic carbocycles. The molecular formula is C53H103NO5. The van der Waals surface area contributed by atoms with E-state index in [-0.39, 0.29) is 24.9 Å². The van der Waals surface area contributed by atoms with E-state index in [0.717, 1.165) is 44.9 Å². The zero-order valence-corrected chi connectivity index (χ0v) is 39.9. The lowest BCUT2D eigenvalue weighted by molar-refractivity contribution is -0.151. The van der Waals surface area contributed by atoms with Crippen molar-refractivity contribution in [2.45, 2.75) is 309 Å². The van der Waals surface area contributed by atoms with Crippen LogP contribution in [0.4, 0.5) is 0 Å². The monoisotopic (exact) mass is 834 g/mol. The fourth-order valence-electron chi connectivity index (χ4n) is 8.31. The molecule has 0 aromatic heterocycles. The molecule has 3 unspecified atom stereocenters. The summed E-state index contributed by atoms with van der Waals surface area (Å²) in [5, 5.41) is 23.7.